The molecule has 1 unspecified atom stereocenters. The minimum absolute atomic E-state index is 0.161. The van der Waals surface area contributed by atoms with Gasteiger partial charge in [0.05, 0.1) is 0 Å². The summed E-state index contributed by atoms with van der Waals surface area (Å²) in [5.74, 6) is 0.674. The lowest BCUT2D eigenvalue weighted by atomic mass is 9.52. The van der Waals surface area contributed by atoms with Crippen LogP contribution in [0.1, 0.15) is 83.5 Å². The van der Waals surface area contributed by atoms with Crippen molar-refractivity contribution < 1.29 is 4.79 Å². The highest BCUT2D eigenvalue weighted by atomic mass is 16.1. The maximum absolute atomic E-state index is 12.7. The van der Waals surface area contributed by atoms with Crippen LogP contribution in [0.4, 0.5) is 0 Å². The van der Waals surface area contributed by atoms with Crippen molar-refractivity contribution in [2.24, 2.45) is 16.2 Å². The van der Waals surface area contributed by atoms with Crippen LogP contribution in [-0.2, 0) is 4.79 Å². The van der Waals surface area contributed by atoms with Gasteiger partial charge in [-0.3, -0.25) is 4.79 Å². The fourth-order valence-electron chi connectivity index (χ4n) is 6.96. The maximum Gasteiger partial charge on any atom is 0.139 e. The molecule has 0 aromatic rings. The molecular weight excluding hydrogens is 220 g/mol. The zero-order valence-electron chi connectivity index (χ0n) is 11.6. The van der Waals surface area contributed by atoms with E-state index in [9.17, 15) is 4.79 Å². The third kappa shape index (κ3) is 1.09. The molecule has 1 atom stereocenters. The minimum atomic E-state index is 0.161. The predicted octanol–water partition coefficient (Wildman–Crippen LogP) is 4.64. The molecule has 1 nitrogen and oxygen atoms in total. The first-order chi connectivity index (χ1) is 8.75. The van der Waals surface area contributed by atoms with Gasteiger partial charge in [0, 0.05) is 11.8 Å². The summed E-state index contributed by atoms with van der Waals surface area (Å²) in [6, 6.07) is 0. The lowest BCUT2D eigenvalue weighted by Crippen LogP contribution is -2.47. The standard InChI is InChI=1S/C17H26O/c18-14-6-13-17(16(14)10-3-4-11-16)12-5-9-15(17)7-1-2-8-15/h1-13H2. The molecule has 0 radical (unpaired) electrons. The fraction of sp³-hybridized carbons (Fsp3) is 0.941. The van der Waals surface area contributed by atoms with Gasteiger partial charge in [-0.25, -0.2) is 0 Å². The molecule has 0 saturated heterocycles. The molecule has 4 rings (SSSR count). The van der Waals surface area contributed by atoms with E-state index in [4.69, 9.17) is 0 Å². The van der Waals surface area contributed by atoms with Crippen molar-refractivity contribution in [1.82, 2.24) is 0 Å². The van der Waals surface area contributed by atoms with Crippen LogP contribution < -0.4 is 0 Å². The molecule has 0 aromatic heterocycles. The Morgan fingerprint density at radius 1 is 0.667 bits per heavy atom. The van der Waals surface area contributed by atoms with Crippen LogP contribution in [0, 0.1) is 16.2 Å². The summed E-state index contributed by atoms with van der Waals surface area (Å²) in [6.45, 7) is 0. The van der Waals surface area contributed by atoms with Crippen LogP contribution in [0.3, 0.4) is 0 Å². The fourth-order valence-corrected chi connectivity index (χ4v) is 6.96. The number of ketones is 1. The summed E-state index contributed by atoms with van der Waals surface area (Å²) in [7, 11) is 0. The molecule has 4 fully saturated rings. The van der Waals surface area contributed by atoms with Gasteiger partial charge < -0.3 is 0 Å². The SMILES string of the molecule is O=C1CCC2(CCCC23CCCC3)C12CCCC2. The summed E-state index contributed by atoms with van der Waals surface area (Å²) < 4.78 is 0. The van der Waals surface area contributed by atoms with Crippen LogP contribution in [0.15, 0.2) is 0 Å². The second-order valence-electron chi connectivity index (χ2n) is 7.64. The van der Waals surface area contributed by atoms with Crippen LogP contribution in [0.25, 0.3) is 0 Å². The van der Waals surface area contributed by atoms with Gasteiger partial charge in [-0.1, -0.05) is 32.1 Å². The van der Waals surface area contributed by atoms with E-state index in [-0.39, 0.29) is 5.41 Å². The number of carbonyl (C=O) groups is 1. The van der Waals surface area contributed by atoms with E-state index in [0.717, 1.165) is 6.42 Å². The molecule has 4 aliphatic rings. The number of fused-ring (bicyclic) bond motifs is 2. The molecule has 0 aromatic carbocycles. The molecule has 0 N–H and O–H groups in total. The zero-order chi connectivity index (χ0) is 12.3. The molecule has 3 spiro atoms. The molecule has 0 heterocycles. The molecule has 0 amide bonds. The molecule has 1 heteroatoms. The summed E-state index contributed by atoms with van der Waals surface area (Å²) >= 11 is 0. The van der Waals surface area contributed by atoms with Gasteiger partial charge in [0.2, 0.25) is 0 Å². The first kappa shape index (κ1) is 11.5. The third-order valence-electron chi connectivity index (χ3n) is 7.52. The quantitative estimate of drug-likeness (QED) is 0.608. The smallest absolute Gasteiger partial charge is 0.139 e. The van der Waals surface area contributed by atoms with E-state index in [2.05, 4.69) is 0 Å². The Balaban J connectivity index is 1.83. The van der Waals surface area contributed by atoms with Crippen molar-refractivity contribution in [3.05, 3.63) is 0 Å². The minimum Gasteiger partial charge on any atom is -0.299 e. The third-order valence-corrected chi connectivity index (χ3v) is 7.52. The van der Waals surface area contributed by atoms with Gasteiger partial charge >= 0.3 is 0 Å². The highest BCUT2D eigenvalue weighted by molar-refractivity contribution is 5.89. The number of hydrogen-bond donors (Lipinski definition) is 0. The lowest BCUT2D eigenvalue weighted by Gasteiger charge is -2.51. The predicted molar refractivity (Wildman–Crippen MR) is 72.3 cm³/mol. The van der Waals surface area contributed by atoms with E-state index in [1.54, 1.807) is 0 Å². The number of rotatable bonds is 0. The Labute approximate surface area is 111 Å². The molecular formula is C17H26O. The largest absolute Gasteiger partial charge is 0.299 e. The first-order valence-electron chi connectivity index (χ1n) is 8.28. The van der Waals surface area contributed by atoms with Gasteiger partial charge in [0.25, 0.3) is 0 Å². The lowest BCUT2D eigenvalue weighted by molar-refractivity contribution is -0.135. The molecule has 4 aliphatic carbocycles. The van der Waals surface area contributed by atoms with Crippen LogP contribution in [-0.4, -0.2) is 5.78 Å². The number of hydrogen-bond acceptors (Lipinski definition) is 1. The van der Waals surface area contributed by atoms with Crippen LogP contribution >= 0.6 is 0 Å². The molecule has 18 heavy (non-hydrogen) atoms. The Bertz CT molecular complexity index is 366. The highest BCUT2D eigenvalue weighted by Crippen LogP contribution is 2.75. The van der Waals surface area contributed by atoms with Gasteiger partial charge in [0.1, 0.15) is 5.78 Å². The van der Waals surface area contributed by atoms with Crippen molar-refractivity contribution in [2.45, 2.75) is 83.5 Å². The normalized spacial score (nSPS) is 40.8. The van der Waals surface area contributed by atoms with E-state index in [0.29, 0.717) is 16.6 Å². The molecule has 0 bridgehead atoms. The second-order valence-corrected chi connectivity index (χ2v) is 7.64. The average Bonchev–Trinajstić information content (AvgIpc) is 3.11. The Hall–Kier alpha value is -0.330. The first-order valence-corrected chi connectivity index (χ1v) is 8.28. The van der Waals surface area contributed by atoms with Crippen molar-refractivity contribution >= 4 is 5.78 Å². The van der Waals surface area contributed by atoms with Crippen molar-refractivity contribution in [3.8, 4) is 0 Å². The summed E-state index contributed by atoms with van der Waals surface area (Å²) in [5.41, 5.74) is 1.22. The van der Waals surface area contributed by atoms with Gasteiger partial charge in [-0.2, -0.15) is 0 Å². The van der Waals surface area contributed by atoms with Crippen molar-refractivity contribution in [2.75, 3.05) is 0 Å². The Morgan fingerprint density at radius 2 is 1.28 bits per heavy atom. The zero-order valence-corrected chi connectivity index (χ0v) is 11.6. The monoisotopic (exact) mass is 246 g/mol. The van der Waals surface area contributed by atoms with Crippen molar-refractivity contribution in [1.29, 1.82) is 0 Å². The summed E-state index contributed by atoms with van der Waals surface area (Å²) in [4.78, 5) is 12.7. The Morgan fingerprint density at radius 3 is 2.00 bits per heavy atom. The van der Waals surface area contributed by atoms with E-state index < -0.39 is 0 Å². The molecule has 4 saturated carbocycles. The topological polar surface area (TPSA) is 17.1 Å². The highest BCUT2D eigenvalue weighted by Gasteiger charge is 2.69. The van der Waals surface area contributed by atoms with Gasteiger partial charge in [-0.05, 0) is 55.8 Å². The Kier molecular flexibility index (Phi) is 2.31. The summed E-state index contributed by atoms with van der Waals surface area (Å²) in [5, 5.41) is 0. The van der Waals surface area contributed by atoms with E-state index in [1.807, 2.05) is 0 Å². The second kappa shape index (κ2) is 3.61. The van der Waals surface area contributed by atoms with Gasteiger partial charge in [-0.15, -0.1) is 0 Å². The van der Waals surface area contributed by atoms with E-state index >= 15 is 0 Å². The van der Waals surface area contributed by atoms with Gasteiger partial charge in [0.15, 0.2) is 0 Å². The maximum atomic E-state index is 12.7. The van der Waals surface area contributed by atoms with Crippen LogP contribution in [0.5, 0.6) is 0 Å². The van der Waals surface area contributed by atoms with E-state index in [1.165, 1.54) is 77.0 Å². The number of carbonyl (C=O) groups excluding carboxylic acids is 1. The number of Topliss-reactive ketones (excluding diaryl/α,β-unsaturated/α-hetero) is 1. The van der Waals surface area contributed by atoms with Crippen molar-refractivity contribution in [3.63, 3.8) is 0 Å². The molecule has 0 aliphatic heterocycles. The summed E-state index contributed by atoms with van der Waals surface area (Å²) in [6.07, 6.45) is 17.3. The molecule has 100 valence electrons. The average molecular weight is 246 g/mol. The van der Waals surface area contributed by atoms with Crippen LogP contribution in [0.2, 0.25) is 0 Å².